The minimum atomic E-state index is -0.651. The molecule has 0 aliphatic carbocycles. The lowest BCUT2D eigenvalue weighted by Crippen LogP contribution is -2.46. The van der Waals surface area contributed by atoms with Crippen LogP contribution in [-0.2, 0) is 14.3 Å². The number of nitrogens with one attached hydrogen (secondary N) is 3. The first-order chi connectivity index (χ1) is 16.4. The van der Waals surface area contributed by atoms with Gasteiger partial charge in [0.15, 0.2) is 6.61 Å². The van der Waals surface area contributed by atoms with Crippen LogP contribution in [0, 0.1) is 0 Å². The third kappa shape index (κ3) is 6.84. The van der Waals surface area contributed by atoms with Crippen molar-refractivity contribution >= 4 is 23.6 Å². The molecule has 2 aromatic rings. The number of urea groups is 1. The number of hydrogen-bond donors (Lipinski definition) is 3. The Balaban J connectivity index is 1.74. The highest BCUT2D eigenvalue weighted by atomic mass is 16.5. The average Bonchev–Trinajstić information content (AvgIpc) is 2.81. The molecule has 1 aliphatic heterocycles. The standard InChI is InChI=1S/C26H31N3O5/c1-4-5-11-21-23(25(31)34-17(2)3)24(29-26(32)28-21)18-12-14-20(15-13-18)33-16-22(30)27-19-9-7-6-8-10-19/h6-10,12-15,17,24H,4-5,11,16H2,1-3H3,(H,27,30)(H2,28,29,32). The molecule has 0 fully saturated rings. The van der Waals surface area contributed by atoms with Gasteiger partial charge in [-0.25, -0.2) is 9.59 Å². The molecule has 3 amide bonds. The molecular formula is C26H31N3O5. The smallest absolute Gasteiger partial charge is 0.338 e. The maximum atomic E-state index is 12.9. The number of esters is 1. The second-order valence-electron chi connectivity index (χ2n) is 8.25. The van der Waals surface area contributed by atoms with E-state index in [0.29, 0.717) is 34.7 Å². The van der Waals surface area contributed by atoms with Gasteiger partial charge in [0.1, 0.15) is 5.75 Å². The Morgan fingerprint density at radius 3 is 2.41 bits per heavy atom. The van der Waals surface area contributed by atoms with E-state index >= 15 is 0 Å². The topological polar surface area (TPSA) is 106 Å². The van der Waals surface area contributed by atoms with Crippen LogP contribution in [0.4, 0.5) is 10.5 Å². The number of unbranched alkanes of at least 4 members (excludes halogenated alkanes) is 1. The van der Waals surface area contributed by atoms with Crippen LogP contribution < -0.4 is 20.7 Å². The second kappa shape index (κ2) is 11.9. The number of carbonyl (C=O) groups excluding carboxylic acids is 3. The predicted octanol–water partition coefficient (Wildman–Crippen LogP) is 4.45. The van der Waals surface area contributed by atoms with Crippen molar-refractivity contribution in [2.45, 2.75) is 52.2 Å². The highest BCUT2D eigenvalue weighted by Gasteiger charge is 2.33. The summed E-state index contributed by atoms with van der Waals surface area (Å²) in [5.41, 5.74) is 2.39. The SMILES string of the molecule is CCCCC1=C(C(=O)OC(C)C)C(c2ccc(OCC(=O)Nc3ccccc3)cc2)NC(=O)N1. The van der Waals surface area contributed by atoms with Crippen molar-refractivity contribution in [1.29, 1.82) is 0 Å². The molecule has 1 atom stereocenters. The first kappa shape index (κ1) is 24.8. The number of rotatable bonds is 10. The lowest BCUT2D eigenvalue weighted by Gasteiger charge is -2.30. The van der Waals surface area contributed by atoms with Crippen molar-refractivity contribution in [3.8, 4) is 5.75 Å². The zero-order chi connectivity index (χ0) is 24.5. The van der Waals surface area contributed by atoms with Crippen LogP contribution in [0.15, 0.2) is 65.9 Å². The van der Waals surface area contributed by atoms with Gasteiger partial charge in [0.2, 0.25) is 0 Å². The van der Waals surface area contributed by atoms with Crippen LogP contribution in [0.5, 0.6) is 5.75 Å². The Hall–Kier alpha value is -3.81. The van der Waals surface area contributed by atoms with Gasteiger partial charge in [-0.3, -0.25) is 4.79 Å². The molecular weight excluding hydrogens is 434 g/mol. The van der Waals surface area contributed by atoms with Crippen molar-refractivity contribution < 1.29 is 23.9 Å². The van der Waals surface area contributed by atoms with Crippen LogP contribution >= 0.6 is 0 Å². The highest BCUT2D eigenvalue weighted by molar-refractivity contribution is 5.95. The first-order valence-corrected chi connectivity index (χ1v) is 11.5. The van der Waals surface area contributed by atoms with E-state index in [9.17, 15) is 14.4 Å². The maximum Gasteiger partial charge on any atom is 0.338 e. The molecule has 0 saturated heterocycles. The number of para-hydroxylation sites is 1. The monoisotopic (exact) mass is 465 g/mol. The molecule has 1 aliphatic rings. The fourth-order valence-corrected chi connectivity index (χ4v) is 3.56. The summed E-state index contributed by atoms with van der Waals surface area (Å²) in [5.74, 6) is -0.242. The van der Waals surface area contributed by atoms with Crippen molar-refractivity contribution in [1.82, 2.24) is 10.6 Å². The van der Waals surface area contributed by atoms with E-state index in [-0.39, 0.29) is 24.6 Å². The summed E-state index contributed by atoms with van der Waals surface area (Å²) in [6.07, 6.45) is 2.04. The number of carbonyl (C=O) groups is 3. The molecule has 3 rings (SSSR count). The third-order valence-electron chi connectivity index (χ3n) is 5.14. The summed E-state index contributed by atoms with van der Waals surface area (Å²) in [5, 5.41) is 8.37. The second-order valence-corrected chi connectivity index (χ2v) is 8.25. The molecule has 34 heavy (non-hydrogen) atoms. The third-order valence-corrected chi connectivity index (χ3v) is 5.14. The van der Waals surface area contributed by atoms with Crippen LogP contribution in [0.1, 0.15) is 51.6 Å². The van der Waals surface area contributed by atoms with Gasteiger partial charge in [-0.2, -0.15) is 0 Å². The highest BCUT2D eigenvalue weighted by Crippen LogP contribution is 2.31. The largest absolute Gasteiger partial charge is 0.484 e. The number of amides is 3. The minimum absolute atomic E-state index is 0.147. The lowest BCUT2D eigenvalue weighted by molar-refractivity contribution is -0.143. The molecule has 3 N–H and O–H groups in total. The van der Waals surface area contributed by atoms with Crippen molar-refractivity contribution in [3.63, 3.8) is 0 Å². The minimum Gasteiger partial charge on any atom is -0.484 e. The molecule has 2 aromatic carbocycles. The number of anilines is 1. The van der Waals surface area contributed by atoms with Crippen molar-refractivity contribution in [2.24, 2.45) is 0 Å². The molecule has 1 unspecified atom stereocenters. The molecule has 0 aromatic heterocycles. The van der Waals surface area contributed by atoms with E-state index < -0.39 is 12.0 Å². The predicted molar refractivity (Wildman–Crippen MR) is 129 cm³/mol. The van der Waals surface area contributed by atoms with E-state index in [1.54, 1.807) is 50.2 Å². The van der Waals surface area contributed by atoms with Gasteiger partial charge in [-0.05, 0) is 56.5 Å². The summed E-state index contributed by atoms with van der Waals surface area (Å²) < 4.78 is 11.1. The fourth-order valence-electron chi connectivity index (χ4n) is 3.56. The van der Waals surface area contributed by atoms with Crippen molar-refractivity contribution in [3.05, 3.63) is 71.4 Å². The van der Waals surface area contributed by atoms with E-state index in [1.165, 1.54) is 0 Å². The number of ether oxygens (including phenoxy) is 2. The Kier molecular flexibility index (Phi) is 8.67. The molecule has 0 saturated carbocycles. The van der Waals surface area contributed by atoms with Crippen molar-refractivity contribution in [2.75, 3.05) is 11.9 Å². The molecule has 8 nitrogen and oxygen atoms in total. The molecule has 0 radical (unpaired) electrons. The van der Waals surface area contributed by atoms with Gasteiger partial charge in [-0.15, -0.1) is 0 Å². The van der Waals surface area contributed by atoms with Gasteiger partial charge in [0.05, 0.1) is 17.7 Å². The van der Waals surface area contributed by atoms with Gasteiger partial charge in [0, 0.05) is 11.4 Å². The molecule has 0 spiro atoms. The van der Waals surface area contributed by atoms with Crippen LogP contribution in [0.3, 0.4) is 0 Å². The van der Waals surface area contributed by atoms with Crippen LogP contribution in [0.25, 0.3) is 0 Å². The van der Waals surface area contributed by atoms with Crippen LogP contribution in [-0.4, -0.2) is 30.6 Å². The van der Waals surface area contributed by atoms with E-state index in [2.05, 4.69) is 16.0 Å². The number of benzene rings is 2. The Morgan fingerprint density at radius 2 is 1.76 bits per heavy atom. The number of allylic oxidation sites excluding steroid dienone is 1. The summed E-state index contributed by atoms with van der Waals surface area (Å²) >= 11 is 0. The fraction of sp³-hybridized carbons (Fsp3) is 0.346. The maximum absolute atomic E-state index is 12.9. The Bertz CT molecular complexity index is 1030. The first-order valence-electron chi connectivity index (χ1n) is 11.5. The molecule has 8 heteroatoms. The lowest BCUT2D eigenvalue weighted by atomic mass is 9.93. The zero-order valence-electron chi connectivity index (χ0n) is 19.7. The van der Waals surface area contributed by atoms with E-state index in [0.717, 1.165) is 12.8 Å². The number of hydrogen-bond acceptors (Lipinski definition) is 5. The van der Waals surface area contributed by atoms with Gasteiger partial charge >= 0.3 is 12.0 Å². The van der Waals surface area contributed by atoms with E-state index in [1.807, 2.05) is 25.1 Å². The average molecular weight is 466 g/mol. The normalized spacial score (nSPS) is 15.4. The molecule has 180 valence electrons. The van der Waals surface area contributed by atoms with E-state index in [4.69, 9.17) is 9.47 Å². The zero-order valence-corrected chi connectivity index (χ0v) is 19.7. The summed E-state index contributed by atoms with van der Waals surface area (Å²) in [6.45, 7) is 5.47. The Labute approximate surface area is 199 Å². The summed E-state index contributed by atoms with van der Waals surface area (Å²) in [6, 6.07) is 15.1. The van der Waals surface area contributed by atoms with Crippen LogP contribution in [0.2, 0.25) is 0 Å². The summed E-state index contributed by atoms with van der Waals surface area (Å²) in [4.78, 5) is 37.4. The molecule has 1 heterocycles. The van der Waals surface area contributed by atoms with Gasteiger partial charge < -0.3 is 25.4 Å². The van der Waals surface area contributed by atoms with Gasteiger partial charge in [0.25, 0.3) is 5.91 Å². The quantitative estimate of drug-likeness (QED) is 0.450. The molecule has 0 bridgehead atoms. The Morgan fingerprint density at radius 1 is 1.06 bits per heavy atom. The van der Waals surface area contributed by atoms with Gasteiger partial charge in [-0.1, -0.05) is 43.7 Å². The summed E-state index contributed by atoms with van der Waals surface area (Å²) in [7, 11) is 0.